The third-order valence-electron chi connectivity index (χ3n) is 3.62. The van der Waals surface area contributed by atoms with Gasteiger partial charge in [-0.1, -0.05) is 23.9 Å². The Morgan fingerprint density at radius 3 is 2.91 bits per heavy atom. The van der Waals surface area contributed by atoms with Crippen LogP contribution in [0.25, 0.3) is 0 Å². The largest absolute Gasteiger partial charge is 0.497 e. The van der Waals surface area contributed by atoms with Crippen LogP contribution >= 0.6 is 11.8 Å². The van der Waals surface area contributed by atoms with Crippen molar-refractivity contribution >= 4 is 23.5 Å². The first kappa shape index (κ1) is 14.6. The smallest absolute Gasteiger partial charge is 0.257 e. The Morgan fingerprint density at radius 1 is 1.36 bits per heavy atom. The van der Waals surface area contributed by atoms with Gasteiger partial charge in [0, 0.05) is 12.3 Å². The molecule has 2 N–H and O–H groups in total. The van der Waals surface area contributed by atoms with Crippen LogP contribution in [0.1, 0.15) is 23.5 Å². The fraction of sp³-hybridized carbons (Fsp3) is 0.267. The summed E-state index contributed by atoms with van der Waals surface area (Å²) < 4.78 is 5.22. The van der Waals surface area contributed by atoms with Gasteiger partial charge < -0.3 is 15.0 Å². The van der Waals surface area contributed by atoms with Crippen molar-refractivity contribution in [2.24, 2.45) is 0 Å². The molecule has 2 heterocycles. The standard InChI is InChI=1S/C15H15N3O3S/c1-21-9-5-3-4-8(6-9)10-7-11(19)16-13-12(10)14(20)18-15(17-13)22-2/h3-6,10H,7H2,1-2H3,(H2,16,17,18,19,20). The Balaban J connectivity index is 2.15. The maximum atomic E-state index is 12.4. The van der Waals surface area contributed by atoms with Crippen molar-refractivity contribution in [3.63, 3.8) is 0 Å². The van der Waals surface area contributed by atoms with E-state index in [1.165, 1.54) is 11.8 Å². The normalized spacial score (nSPS) is 16.8. The highest BCUT2D eigenvalue weighted by Crippen LogP contribution is 2.35. The first-order valence-corrected chi connectivity index (χ1v) is 7.97. The van der Waals surface area contributed by atoms with Gasteiger partial charge in [-0.2, -0.15) is 0 Å². The van der Waals surface area contributed by atoms with Gasteiger partial charge in [0.1, 0.15) is 11.6 Å². The number of amides is 1. The number of H-pyrrole nitrogens is 1. The van der Waals surface area contributed by atoms with Gasteiger partial charge >= 0.3 is 0 Å². The Hall–Kier alpha value is -2.28. The van der Waals surface area contributed by atoms with E-state index in [0.717, 1.165) is 5.56 Å². The zero-order chi connectivity index (χ0) is 15.7. The third-order valence-corrected chi connectivity index (χ3v) is 4.20. The molecule has 0 spiro atoms. The van der Waals surface area contributed by atoms with E-state index in [4.69, 9.17) is 4.74 Å². The van der Waals surface area contributed by atoms with Crippen molar-refractivity contribution in [2.45, 2.75) is 17.5 Å². The molecule has 1 aliphatic heterocycles. The van der Waals surface area contributed by atoms with E-state index in [0.29, 0.717) is 22.3 Å². The molecule has 1 amide bonds. The number of rotatable bonds is 3. The number of carbonyl (C=O) groups is 1. The second-order valence-corrected chi connectivity index (χ2v) is 5.71. The summed E-state index contributed by atoms with van der Waals surface area (Å²) in [4.78, 5) is 31.4. The molecular formula is C15H15N3O3S. The highest BCUT2D eigenvalue weighted by molar-refractivity contribution is 7.98. The van der Waals surface area contributed by atoms with Crippen LogP contribution in [0.4, 0.5) is 5.82 Å². The first-order valence-electron chi connectivity index (χ1n) is 6.74. The predicted molar refractivity (Wildman–Crippen MR) is 84.7 cm³/mol. The first-order chi connectivity index (χ1) is 10.6. The SMILES string of the molecule is COc1cccc(C2CC(=O)Nc3nc(SC)[nH]c(=O)c32)c1. The van der Waals surface area contributed by atoms with Crippen molar-refractivity contribution in [3.8, 4) is 5.75 Å². The average Bonchev–Trinajstić information content (AvgIpc) is 2.53. The molecule has 0 saturated heterocycles. The lowest BCUT2D eigenvalue weighted by atomic mass is 9.87. The summed E-state index contributed by atoms with van der Waals surface area (Å²) in [7, 11) is 1.58. The summed E-state index contributed by atoms with van der Waals surface area (Å²) in [6, 6.07) is 7.40. The minimum absolute atomic E-state index is 0.148. The molecule has 0 radical (unpaired) electrons. The van der Waals surface area contributed by atoms with E-state index in [1.54, 1.807) is 7.11 Å². The second-order valence-electron chi connectivity index (χ2n) is 4.92. The maximum Gasteiger partial charge on any atom is 0.257 e. The molecule has 0 saturated carbocycles. The number of nitrogens with one attached hydrogen (secondary N) is 2. The Morgan fingerprint density at radius 2 is 2.18 bits per heavy atom. The average molecular weight is 317 g/mol. The second kappa shape index (κ2) is 5.84. The number of hydrogen-bond donors (Lipinski definition) is 2. The molecule has 22 heavy (non-hydrogen) atoms. The van der Waals surface area contributed by atoms with E-state index >= 15 is 0 Å². The minimum atomic E-state index is -0.328. The highest BCUT2D eigenvalue weighted by Gasteiger charge is 2.31. The van der Waals surface area contributed by atoms with E-state index in [9.17, 15) is 9.59 Å². The van der Waals surface area contributed by atoms with E-state index in [2.05, 4.69) is 15.3 Å². The van der Waals surface area contributed by atoms with E-state index < -0.39 is 0 Å². The van der Waals surface area contributed by atoms with Gasteiger partial charge in [-0.05, 0) is 24.0 Å². The van der Waals surface area contributed by atoms with Crippen LogP contribution < -0.4 is 15.6 Å². The quantitative estimate of drug-likeness (QED) is 0.668. The number of nitrogens with zero attached hydrogens (tertiary/aromatic N) is 1. The molecule has 3 rings (SSSR count). The molecule has 0 aliphatic carbocycles. The molecule has 1 aromatic carbocycles. The van der Waals surface area contributed by atoms with Crippen molar-refractivity contribution in [2.75, 3.05) is 18.7 Å². The van der Waals surface area contributed by atoms with Gasteiger partial charge in [0.2, 0.25) is 5.91 Å². The molecule has 1 aliphatic rings. The zero-order valence-electron chi connectivity index (χ0n) is 12.2. The molecule has 2 aromatic rings. The predicted octanol–water partition coefficient (Wildman–Crippen LogP) is 1.97. The summed E-state index contributed by atoms with van der Waals surface area (Å²) >= 11 is 1.32. The van der Waals surface area contributed by atoms with Gasteiger partial charge in [-0.3, -0.25) is 9.59 Å². The topological polar surface area (TPSA) is 84.1 Å². The maximum absolute atomic E-state index is 12.4. The number of thioether (sulfide) groups is 1. The van der Waals surface area contributed by atoms with Crippen LogP contribution in [0.3, 0.4) is 0 Å². The van der Waals surface area contributed by atoms with Gasteiger partial charge in [0.05, 0.1) is 12.7 Å². The fourth-order valence-corrected chi connectivity index (χ4v) is 2.97. The number of fused-ring (bicyclic) bond motifs is 1. The third kappa shape index (κ3) is 2.59. The zero-order valence-corrected chi connectivity index (χ0v) is 13.0. The van der Waals surface area contributed by atoms with Crippen LogP contribution in [-0.2, 0) is 4.79 Å². The van der Waals surface area contributed by atoms with E-state index in [-0.39, 0.29) is 23.8 Å². The van der Waals surface area contributed by atoms with Crippen LogP contribution in [0, 0.1) is 0 Å². The van der Waals surface area contributed by atoms with Gasteiger partial charge in [0.25, 0.3) is 5.56 Å². The number of ether oxygens (including phenoxy) is 1. The van der Waals surface area contributed by atoms with Crippen LogP contribution in [0.5, 0.6) is 5.75 Å². The van der Waals surface area contributed by atoms with Gasteiger partial charge in [-0.15, -0.1) is 0 Å². The summed E-state index contributed by atoms with van der Waals surface area (Å²) in [6.07, 6.45) is 2.03. The molecule has 7 heteroatoms. The number of benzene rings is 1. The number of anilines is 1. The molecule has 114 valence electrons. The highest BCUT2D eigenvalue weighted by atomic mass is 32.2. The van der Waals surface area contributed by atoms with Crippen molar-refractivity contribution in [3.05, 3.63) is 45.7 Å². The molecule has 0 bridgehead atoms. The molecule has 6 nitrogen and oxygen atoms in total. The molecule has 1 unspecified atom stereocenters. The van der Waals surface area contributed by atoms with Crippen LogP contribution in [0.15, 0.2) is 34.2 Å². The van der Waals surface area contributed by atoms with Crippen molar-refractivity contribution in [1.29, 1.82) is 0 Å². The molecule has 0 fully saturated rings. The Labute approximate surface area is 131 Å². The lowest BCUT2D eigenvalue weighted by Crippen LogP contribution is -2.31. The number of aromatic amines is 1. The van der Waals surface area contributed by atoms with Crippen molar-refractivity contribution in [1.82, 2.24) is 9.97 Å². The summed E-state index contributed by atoms with van der Waals surface area (Å²) in [5, 5.41) is 3.17. The summed E-state index contributed by atoms with van der Waals surface area (Å²) in [6.45, 7) is 0. The molecule has 1 aromatic heterocycles. The van der Waals surface area contributed by atoms with Gasteiger partial charge in [0.15, 0.2) is 5.16 Å². The fourth-order valence-electron chi connectivity index (χ4n) is 2.59. The van der Waals surface area contributed by atoms with Crippen LogP contribution in [-0.4, -0.2) is 29.2 Å². The Bertz CT molecular complexity index is 788. The number of carbonyl (C=O) groups excluding carboxylic acids is 1. The Kier molecular flexibility index (Phi) is 3.89. The lowest BCUT2D eigenvalue weighted by molar-refractivity contribution is -0.116. The number of aromatic nitrogens is 2. The van der Waals surface area contributed by atoms with Crippen LogP contribution in [0.2, 0.25) is 0 Å². The summed E-state index contributed by atoms with van der Waals surface area (Å²) in [5.41, 5.74) is 1.13. The van der Waals surface area contributed by atoms with E-state index in [1.807, 2.05) is 30.5 Å². The minimum Gasteiger partial charge on any atom is -0.497 e. The number of hydrogen-bond acceptors (Lipinski definition) is 5. The summed E-state index contributed by atoms with van der Waals surface area (Å²) in [5.74, 6) is 0.559. The molecule has 1 atom stereocenters. The number of methoxy groups -OCH3 is 1. The monoisotopic (exact) mass is 317 g/mol. The lowest BCUT2D eigenvalue weighted by Gasteiger charge is -2.24. The van der Waals surface area contributed by atoms with Crippen molar-refractivity contribution < 1.29 is 9.53 Å². The molecular weight excluding hydrogens is 302 g/mol. The van der Waals surface area contributed by atoms with Gasteiger partial charge in [-0.25, -0.2) is 4.98 Å².